The number of aliphatic hydroxyl groups excluding tert-OH is 1. The van der Waals surface area contributed by atoms with Gasteiger partial charge in [-0.15, -0.1) is 0 Å². The second-order valence-electron chi connectivity index (χ2n) is 7.56. The molecule has 1 unspecified atom stereocenters. The van der Waals surface area contributed by atoms with Gasteiger partial charge < -0.3 is 21.4 Å². The van der Waals surface area contributed by atoms with Crippen molar-refractivity contribution in [2.75, 3.05) is 13.2 Å². The van der Waals surface area contributed by atoms with Crippen molar-refractivity contribution in [3.05, 3.63) is 92.8 Å². The zero-order valence-corrected chi connectivity index (χ0v) is 19.8. The van der Waals surface area contributed by atoms with E-state index in [0.29, 0.717) is 20.9 Å². The molecule has 2 heterocycles. The first-order chi connectivity index (χ1) is 16.7. The lowest BCUT2D eigenvalue weighted by Crippen LogP contribution is -2.34. The van der Waals surface area contributed by atoms with E-state index in [0.717, 1.165) is 0 Å². The summed E-state index contributed by atoms with van der Waals surface area (Å²) in [4.78, 5) is 20.2. The molecule has 1 amide bonds. The molecule has 8 nitrogen and oxygen atoms in total. The van der Waals surface area contributed by atoms with Crippen LogP contribution in [0.2, 0.25) is 10.0 Å². The molecule has 2 aromatic heterocycles. The predicted octanol–water partition coefficient (Wildman–Crippen LogP) is 2.97. The van der Waals surface area contributed by atoms with E-state index in [1.165, 1.54) is 36.5 Å². The van der Waals surface area contributed by atoms with Gasteiger partial charge in [0.1, 0.15) is 12.2 Å². The minimum Gasteiger partial charge on any atom is -0.427 e. The fraction of sp³-hybridized carbons (Fsp3) is 0.261. The van der Waals surface area contributed by atoms with Crippen LogP contribution in [0.5, 0.6) is 0 Å². The van der Waals surface area contributed by atoms with Crippen molar-refractivity contribution in [2.24, 2.45) is 10.7 Å². The standard InChI is InChI=1S/C23H23Cl2F2N5O3/c24-15-5-4-14(11-28)16(9-15)18(12-33)31-22(34)10-19-17(25)6-7-21(32(19)35)30-13-23(26,27)20-3-1-2-8-29-20/h1-9,18,33,35H,10-13,28H2,(H,31,34). The Labute approximate surface area is 209 Å². The highest BCUT2D eigenvalue weighted by molar-refractivity contribution is 6.31. The van der Waals surface area contributed by atoms with E-state index in [9.17, 15) is 23.9 Å². The molecule has 0 spiro atoms. The van der Waals surface area contributed by atoms with E-state index in [1.54, 1.807) is 18.2 Å². The Balaban J connectivity index is 1.82. The highest BCUT2D eigenvalue weighted by Crippen LogP contribution is 2.26. The van der Waals surface area contributed by atoms with Gasteiger partial charge in [-0.2, -0.15) is 13.5 Å². The molecule has 186 valence electrons. The topological polar surface area (TPSA) is 126 Å². The van der Waals surface area contributed by atoms with Crippen LogP contribution in [0.25, 0.3) is 0 Å². The van der Waals surface area contributed by atoms with E-state index >= 15 is 0 Å². The van der Waals surface area contributed by atoms with Gasteiger partial charge in [0.05, 0.1) is 29.8 Å². The van der Waals surface area contributed by atoms with Crippen LogP contribution >= 0.6 is 23.2 Å². The summed E-state index contributed by atoms with van der Waals surface area (Å²) < 4.78 is 29.3. The minimum absolute atomic E-state index is 0.0176. The second kappa shape index (κ2) is 11.6. The maximum absolute atomic E-state index is 14.4. The number of carbonyl (C=O) groups is 1. The average molecular weight is 526 g/mol. The van der Waals surface area contributed by atoms with Crippen LogP contribution in [0.15, 0.2) is 59.7 Å². The summed E-state index contributed by atoms with van der Waals surface area (Å²) in [5.41, 5.74) is 6.19. The molecule has 0 saturated carbocycles. The monoisotopic (exact) mass is 525 g/mol. The van der Waals surface area contributed by atoms with Crippen molar-refractivity contribution in [3.8, 4) is 0 Å². The first-order valence-corrected chi connectivity index (χ1v) is 11.2. The number of hydrogen-bond acceptors (Lipinski definition) is 6. The van der Waals surface area contributed by atoms with Crippen LogP contribution in [0.4, 0.5) is 8.78 Å². The molecule has 0 fully saturated rings. The summed E-state index contributed by atoms with van der Waals surface area (Å²) in [6.45, 7) is -1.26. The number of halogens is 4. The molecular formula is C23H23Cl2F2N5O3. The third-order valence-electron chi connectivity index (χ3n) is 5.16. The van der Waals surface area contributed by atoms with Crippen molar-refractivity contribution in [2.45, 2.75) is 24.9 Å². The first-order valence-electron chi connectivity index (χ1n) is 10.4. The van der Waals surface area contributed by atoms with Crippen molar-refractivity contribution in [1.29, 1.82) is 0 Å². The van der Waals surface area contributed by atoms with Gasteiger partial charge in [0.25, 0.3) is 0 Å². The van der Waals surface area contributed by atoms with Crippen LogP contribution in [0.3, 0.4) is 0 Å². The Kier molecular flexibility index (Phi) is 8.79. The van der Waals surface area contributed by atoms with Crippen molar-refractivity contribution in [3.63, 3.8) is 0 Å². The number of nitrogens with two attached hydrogens (primary N) is 1. The molecule has 35 heavy (non-hydrogen) atoms. The number of alkyl halides is 2. The Morgan fingerprint density at radius 2 is 2.00 bits per heavy atom. The fourth-order valence-electron chi connectivity index (χ4n) is 3.37. The molecular weight excluding hydrogens is 503 g/mol. The van der Waals surface area contributed by atoms with Gasteiger partial charge in [-0.1, -0.05) is 35.3 Å². The van der Waals surface area contributed by atoms with Gasteiger partial charge in [0, 0.05) is 17.8 Å². The molecule has 0 saturated heterocycles. The molecule has 0 aliphatic heterocycles. The molecule has 5 N–H and O–H groups in total. The normalized spacial score (nSPS) is 13.0. The average Bonchev–Trinajstić information content (AvgIpc) is 2.85. The minimum atomic E-state index is -3.38. The largest absolute Gasteiger partial charge is 0.427 e. The number of aliphatic hydroxyl groups is 1. The quantitative estimate of drug-likeness (QED) is 0.319. The lowest BCUT2D eigenvalue weighted by Gasteiger charge is -2.20. The van der Waals surface area contributed by atoms with Crippen molar-refractivity contribution >= 4 is 29.1 Å². The Hall–Kier alpha value is -3.05. The molecule has 0 bridgehead atoms. The van der Waals surface area contributed by atoms with Gasteiger partial charge in [-0.05, 0) is 47.5 Å². The van der Waals surface area contributed by atoms with Gasteiger partial charge in [0.15, 0.2) is 5.49 Å². The highest BCUT2D eigenvalue weighted by atomic mass is 35.5. The zero-order valence-electron chi connectivity index (χ0n) is 18.3. The van der Waals surface area contributed by atoms with Gasteiger partial charge >= 0.3 is 5.92 Å². The van der Waals surface area contributed by atoms with Crippen LogP contribution in [-0.2, 0) is 23.7 Å². The Bertz CT molecular complexity index is 1260. The SMILES string of the molecule is NCc1ccc(Cl)cc1C(CO)NC(=O)Cc1c(Cl)ccc(=NCC(F)(F)c2ccccn2)n1O. The molecule has 1 atom stereocenters. The molecule has 1 aromatic carbocycles. The maximum Gasteiger partial charge on any atom is 0.308 e. The summed E-state index contributed by atoms with van der Waals surface area (Å²) in [6.07, 6.45) is 0.818. The van der Waals surface area contributed by atoms with Crippen LogP contribution in [0, 0.1) is 0 Å². The van der Waals surface area contributed by atoms with E-state index in [-0.39, 0.29) is 22.7 Å². The van der Waals surface area contributed by atoms with E-state index in [2.05, 4.69) is 15.3 Å². The zero-order chi connectivity index (χ0) is 25.6. The maximum atomic E-state index is 14.4. The van der Waals surface area contributed by atoms with Gasteiger partial charge in [-0.25, -0.2) is 0 Å². The number of nitrogens with one attached hydrogen (secondary N) is 1. The van der Waals surface area contributed by atoms with Crippen molar-refractivity contribution < 1.29 is 23.9 Å². The number of benzene rings is 1. The van der Waals surface area contributed by atoms with Crippen molar-refractivity contribution in [1.82, 2.24) is 15.0 Å². The molecule has 0 radical (unpaired) electrons. The lowest BCUT2D eigenvalue weighted by molar-refractivity contribution is -0.121. The summed E-state index contributed by atoms with van der Waals surface area (Å²) in [5.74, 6) is -3.98. The van der Waals surface area contributed by atoms with Crippen LogP contribution in [-0.4, -0.2) is 39.1 Å². The summed E-state index contributed by atoms with van der Waals surface area (Å²) in [5, 5.41) is 23.4. The molecule has 12 heteroatoms. The first kappa shape index (κ1) is 26.6. The third kappa shape index (κ3) is 6.55. The molecule has 0 aliphatic carbocycles. The van der Waals surface area contributed by atoms with Crippen LogP contribution < -0.4 is 16.5 Å². The fourth-order valence-corrected chi connectivity index (χ4v) is 3.76. The number of carbonyl (C=O) groups excluding carboxylic acids is 1. The predicted molar refractivity (Wildman–Crippen MR) is 126 cm³/mol. The number of aromatic nitrogens is 2. The highest BCUT2D eigenvalue weighted by Gasteiger charge is 2.32. The van der Waals surface area contributed by atoms with Gasteiger partial charge in [0.2, 0.25) is 5.91 Å². The second-order valence-corrected chi connectivity index (χ2v) is 8.40. The third-order valence-corrected chi connectivity index (χ3v) is 5.73. The Morgan fingerprint density at radius 3 is 2.66 bits per heavy atom. The number of nitrogens with zero attached hydrogens (tertiary/aromatic N) is 3. The van der Waals surface area contributed by atoms with E-state index in [4.69, 9.17) is 28.9 Å². The van der Waals surface area contributed by atoms with E-state index in [1.807, 2.05) is 0 Å². The number of rotatable bonds is 9. The number of pyridine rings is 2. The summed E-state index contributed by atoms with van der Waals surface area (Å²) in [6, 6.07) is 10.8. The smallest absolute Gasteiger partial charge is 0.308 e. The molecule has 3 rings (SSSR count). The van der Waals surface area contributed by atoms with Gasteiger partial charge in [-0.3, -0.25) is 14.8 Å². The number of amides is 1. The van der Waals surface area contributed by atoms with Crippen LogP contribution in [0.1, 0.15) is 28.6 Å². The Morgan fingerprint density at radius 1 is 1.23 bits per heavy atom. The summed E-state index contributed by atoms with van der Waals surface area (Å²) in [7, 11) is 0. The van der Waals surface area contributed by atoms with E-state index < -0.39 is 43.1 Å². The number of hydrogen-bond donors (Lipinski definition) is 4. The summed E-state index contributed by atoms with van der Waals surface area (Å²) >= 11 is 12.2. The lowest BCUT2D eigenvalue weighted by atomic mass is 10.0. The molecule has 0 aliphatic rings. The molecule has 3 aromatic rings.